The maximum Gasteiger partial charge on any atom is 0.414 e. The van der Waals surface area contributed by atoms with Crippen LogP contribution in [-0.2, 0) is 26.9 Å². The Bertz CT molecular complexity index is 607. The van der Waals surface area contributed by atoms with Crippen molar-refractivity contribution >= 4 is 23.5 Å². The molecule has 25 heavy (non-hydrogen) atoms. The van der Waals surface area contributed by atoms with E-state index in [1.54, 1.807) is 6.92 Å². The normalized spacial score (nSPS) is 11.8. The summed E-state index contributed by atoms with van der Waals surface area (Å²) in [4.78, 5) is 11.3. The third-order valence-corrected chi connectivity index (χ3v) is 3.86. The number of rotatable bonds is 3. The molecule has 140 valence electrons. The number of hydrogen-bond donors (Lipinski definition) is 2. The highest BCUT2D eigenvalue weighted by atomic mass is 32.1. The van der Waals surface area contributed by atoms with Crippen molar-refractivity contribution in [1.82, 2.24) is 5.32 Å². The molecule has 0 aromatic heterocycles. The van der Waals surface area contributed by atoms with E-state index in [0.717, 1.165) is 16.7 Å². The molecule has 6 heteroatoms. The van der Waals surface area contributed by atoms with E-state index in [9.17, 15) is 9.90 Å². The highest BCUT2D eigenvalue weighted by Crippen LogP contribution is 2.39. The number of carbonyl (C=O) groups excluding carboxylic acids is 1. The van der Waals surface area contributed by atoms with Gasteiger partial charge in [0.2, 0.25) is 0 Å². The minimum absolute atomic E-state index is 0.0406. The summed E-state index contributed by atoms with van der Waals surface area (Å²) in [7, 11) is 0. The van der Waals surface area contributed by atoms with Gasteiger partial charge in [0.05, 0.1) is 6.61 Å². The van der Waals surface area contributed by atoms with Crippen molar-refractivity contribution < 1.29 is 19.4 Å². The van der Waals surface area contributed by atoms with Crippen molar-refractivity contribution in [2.45, 2.75) is 65.9 Å². The smallest absolute Gasteiger partial charge is 0.414 e. The largest absolute Gasteiger partial charge is 0.507 e. The molecule has 5 nitrogen and oxygen atoms in total. The summed E-state index contributed by atoms with van der Waals surface area (Å²) in [6.07, 6.45) is -0.635. The minimum Gasteiger partial charge on any atom is -0.507 e. The van der Waals surface area contributed by atoms with Crippen LogP contribution in [0.5, 0.6) is 5.75 Å². The summed E-state index contributed by atoms with van der Waals surface area (Å²) in [5.74, 6) is 0.316. The van der Waals surface area contributed by atoms with Crippen LogP contribution in [0.3, 0.4) is 0 Å². The Labute approximate surface area is 155 Å². The van der Waals surface area contributed by atoms with E-state index in [4.69, 9.17) is 21.7 Å². The van der Waals surface area contributed by atoms with Gasteiger partial charge in [0, 0.05) is 0 Å². The van der Waals surface area contributed by atoms with Crippen LogP contribution in [0, 0.1) is 0 Å². The minimum atomic E-state index is -0.635. The van der Waals surface area contributed by atoms with E-state index in [1.807, 2.05) is 53.7 Å². The lowest BCUT2D eigenvalue weighted by Gasteiger charge is -2.28. The van der Waals surface area contributed by atoms with Gasteiger partial charge in [-0.1, -0.05) is 41.5 Å². The van der Waals surface area contributed by atoms with Crippen molar-refractivity contribution in [1.29, 1.82) is 0 Å². The molecule has 1 rings (SSSR count). The van der Waals surface area contributed by atoms with Crippen LogP contribution in [0.2, 0.25) is 0 Å². The fraction of sp³-hybridized carbons (Fsp3) is 0.579. The van der Waals surface area contributed by atoms with Crippen molar-refractivity contribution in [3.63, 3.8) is 0 Å². The van der Waals surface area contributed by atoms with Gasteiger partial charge in [-0.3, -0.25) is 5.32 Å². The molecule has 0 fully saturated rings. The predicted octanol–water partition coefficient (Wildman–Crippen LogP) is 4.53. The van der Waals surface area contributed by atoms with Crippen molar-refractivity contribution in [3.05, 3.63) is 28.8 Å². The highest BCUT2D eigenvalue weighted by molar-refractivity contribution is 7.80. The number of amides is 1. The molecule has 0 unspecified atom stereocenters. The number of thiocarbonyl (C=S) groups is 1. The van der Waals surface area contributed by atoms with E-state index < -0.39 is 6.09 Å². The molecule has 0 atom stereocenters. The zero-order chi connectivity index (χ0) is 19.4. The molecule has 0 bridgehead atoms. The van der Waals surface area contributed by atoms with Gasteiger partial charge >= 0.3 is 6.09 Å². The van der Waals surface area contributed by atoms with Crippen LogP contribution in [0.4, 0.5) is 4.79 Å². The van der Waals surface area contributed by atoms with Gasteiger partial charge in [-0.25, -0.2) is 4.79 Å². The number of benzene rings is 1. The van der Waals surface area contributed by atoms with Gasteiger partial charge in [0.1, 0.15) is 12.4 Å². The fourth-order valence-corrected chi connectivity index (χ4v) is 2.50. The molecule has 0 aliphatic carbocycles. The molecule has 2 N–H and O–H groups in total. The second kappa shape index (κ2) is 8.04. The second-order valence-electron chi connectivity index (χ2n) is 7.96. The number of phenolic OH excluding ortho intramolecular Hbond substituents is 1. The lowest BCUT2D eigenvalue weighted by atomic mass is 9.78. The quantitative estimate of drug-likeness (QED) is 0.768. The van der Waals surface area contributed by atoms with Crippen LogP contribution in [0.1, 0.15) is 65.2 Å². The lowest BCUT2D eigenvalue weighted by molar-refractivity contribution is 0.154. The molecule has 1 amide bonds. The Kier molecular flexibility index (Phi) is 6.82. The molecular weight excluding hydrogens is 338 g/mol. The Morgan fingerprint density at radius 3 is 1.96 bits per heavy atom. The van der Waals surface area contributed by atoms with Crippen LogP contribution < -0.4 is 5.32 Å². The SMILES string of the molecule is CCOC(=O)NC(=S)OCc1cc(C(C)(C)C)c(O)c(C(C)(C)C)c1. The molecule has 0 radical (unpaired) electrons. The fourth-order valence-electron chi connectivity index (χ4n) is 2.36. The number of carbonyl (C=O) groups is 1. The third-order valence-electron chi connectivity index (χ3n) is 3.64. The molecule has 1 aromatic carbocycles. The first-order chi connectivity index (χ1) is 11.4. The maximum atomic E-state index is 11.3. The first-order valence-corrected chi connectivity index (χ1v) is 8.74. The molecule has 0 aliphatic heterocycles. The maximum absolute atomic E-state index is 11.3. The first kappa shape index (κ1) is 21.2. The molecule has 0 spiro atoms. The average Bonchev–Trinajstić information content (AvgIpc) is 2.43. The van der Waals surface area contributed by atoms with E-state index in [1.165, 1.54) is 0 Å². The van der Waals surface area contributed by atoms with Crippen LogP contribution in [0.25, 0.3) is 0 Å². The van der Waals surface area contributed by atoms with E-state index in [0.29, 0.717) is 5.75 Å². The molecule has 0 saturated heterocycles. The number of ether oxygens (including phenoxy) is 2. The van der Waals surface area contributed by atoms with Crippen LogP contribution in [0.15, 0.2) is 12.1 Å². The van der Waals surface area contributed by atoms with Crippen molar-refractivity contribution in [3.8, 4) is 5.75 Å². The summed E-state index contributed by atoms with van der Waals surface area (Å²) in [6.45, 7) is 14.4. The third kappa shape index (κ3) is 6.20. The summed E-state index contributed by atoms with van der Waals surface area (Å²) in [5.41, 5.74) is 2.14. The van der Waals surface area contributed by atoms with E-state index >= 15 is 0 Å². The number of aromatic hydroxyl groups is 1. The van der Waals surface area contributed by atoms with Crippen LogP contribution in [-0.4, -0.2) is 23.0 Å². The van der Waals surface area contributed by atoms with E-state index in [-0.39, 0.29) is 29.2 Å². The molecule has 0 aliphatic rings. The zero-order valence-corrected chi connectivity index (χ0v) is 17.0. The molecule has 0 heterocycles. The average molecular weight is 368 g/mol. The summed E-state index contributed by atoms with van der Waals surface area (Å²) in [5, 5.41) is 13.0. The monoisotopic (exact) mass is 367 g/mol. The Hall–Kier alpha value is -1.82. The van der Waals surface area contributed by atoms with Gasteiger partial charge < -0.3 is 14.6 Å². The van der Waals surface area contributed by atoms with Crippen LogP contribution >= 0.6 is 12.2 Å². The van der Waals surface area contributed by atoms with E-state index in [2.05, 4.69) is 5.32 Å². The van der Waals surface area contributed by atoms with Crippen molar-refractivity contribution in [2.75, 3.05) is 6.61 Å². The summed E-state index contributed by atoms with van der Waals surface area (Å²) >= 11 is 5.00. The number of nitrogens with one attached hydrogen (secondary N) is 1. The molecular formula is C19H29NO4S. The van der Waals surface area contributed by atoms with Gasteiger partial charge in [-0.2, -0.15) is 0 Å². The first-order valence-electron chi connectivity index (χ1n) is 8.33. The van der Waals surface area contributed by atoms with Gasteiger partial charge in [0.25, 0.3) is 5.17 Å². The second-order valence-corrected chi connectivity index (χ2v) is 8.33. The number of phenols is 1. The standard InChI is InChI=1S/C19H29NO4S/c1-8-23-16(22)20-17(25)24-11-12-9-13(18(2,3)4)15(21)14(10-12)19(5,6)7/h9-10,21H,8,11H2,1-7H3,(H,20,22,25). The molecule has 0 saturated carbocycles. The zero-order valence-electron chi connectivity index (χ0n) is 16.1. The highest BCUT2D eigenvalue weighted by Gasteiger charge is 2.26. The predicted molar refractivity (Wildman–Crippen MR) is 103 cm³/mol. The Morgan fingerprint density at radius 1 is 1.08 bits per heavy atom. The topological polar surface area (TPSA) is 67.8 Å². The van der Waals surface area contributed by atoms with Gasteiger partial charge in [-0.15, -0.1) is 0 Å². The Morgan fingerprint density at radius 2 is 1.56 bits per heavy atom. The Balaban J connectivity index is 3.04. The van der Waals surface area contributed by atoms with Gasteiger partial charge in [-0.05, 0) is 58.8 Å². The number of alkyl carbamates (subject to hydrolysis) is 1. The lowest BCUT2D eigenvalue weighted by Crippen LogP contribution is -2.31. The summed E-state index contributed by atoms with van der Waals surface area (Å²) < 4.78 is 10.2. The molecule has 1 aromatic rings. The van der Waals surface area contributed by atoms with Crippen molar-refractivity contribution in [2.24, 2.45) is 0 Å². The number of hydrogen-bond acceptors (Lipinski definition) is 5. The summed E-state index contributed by atoms with van der Waals surface area (Å²) in [6, 6.07) is 3.83. The van der Waals surface area contributed by atoms with Gasteiger partial charge in [0.15, 0.2) is 0 Å².